The highest BCUT2D eigenvalue weighted by Crippen LogP contribution is 1.96. The van der Waals surface area contributed by atoms with Crippen LogP contribution in [-0.4, -0.2) is 64.6 Å². The predicted molar refractivity (Wildman–Crippen MR) is 65.9 cm³/mol. The fraction of sp³-hybridized carbons (Fsp3) is 1.00. The molecule has 0 bridgehead atoms. The van der Waals surface area contributed by atoms with Crippen LogP contribution in [0.15, 0.2) is 0 Å². The molecule has 1 aliphatic rings. The van der Waals surface area contributed by atoms with Crippen molar-refractivity contribution in [2.24, 2.45) is 0 Å². The van der Waals surface area contributed by atoms with Crippen LogP contribution < -0.4 is 5.32 Å². The summed E-state index contributed by atoms with van der Waals surface area (Å²) >= 11 is 0. The quantitative estimate of drug-likeness (QED) is 0.592. The van der Waals surface area contributed by atoms with Crippen LogP contribution in [0.1, 0.15) is 19.3 Å². The van der Waals surface area contributed by atoms with Gasteiger partial charge in [0.2, 0.25) is 0 Å². The number of morpholine rings is 1. The van der Waals surface area contributed by atoms with Crippen molar-refractivity contribution >= 4 is 0 Å². The highest BCUT2D eigenvalue weighted by Gasteiger charge is 2.08. The molecule has 0 spiro atoms. The van der Waals surface area contributed by atoms with Crippen molar-refractivity contribution in [3.05, 3.63) is 0 Å². The molecule has 0 aromatic heterocycles. The smallest absolute Gasteiger partial charge is 0.0594 e. The van der Waals surface area contributed by atoms with Crippen LogP contribution in [0.5, 0.6) is 0 Å². The summed E-state index contributed by atoms with van der Waals surface area (Å²) < 4.78 is 10.3. The van der Waals surface area contributed by atoms with E-state index in [0.29, 0.717) is 0 Å². The number of ether oxygens (including phenoxy) is 2. The van der Waals surface area contributed by atoms with Crippen LogP contribution in [-0.2, 0) is 9.47 Å². The van der Waals surface area contributed by atoms with Gasteiger partial charge in [-0.1, -0.05) is 0 Å². The van der Waals surface area contributed by atoms with E-state index in [1.807, 2.05) is 0 Å². The highest BCUT2D eigenvalue weighted by molar-refractivity contribution is 4.63. The van der Waals surface area contributed by atoms with E-state index < -0.39 is 0 Å². The normalized spacial score (nSPS) is 17.8. The number of hydrogen-bond acceptors (Lipinski definition) is 4. The minimum Gasteiger partial charge on any atom is -0.385 e. The van der Waals surface area contributed by atoms with E-state index in [0.717, 1.165) is 52.5 Å². The van der Waals surface area contributed by atoms with Crippen LogP contribution in [0, 0.1) is 0 Å². The molecule has 4 heteroatoms. The Hall–Kier alpha value is -0.160. The van der Waals surface area contributed by atoms with Crippen molar-refractivity contribution in [3.63, 3.8) is 0 Å². The Morgan fingerprint density at radius 2 is 1.94 bits per heavy atom. The second kappa shape index (κ2) is 10.0. The Morgan fingerprint density at radius 1 is 1.12 bits per heavy atom. The van der Waals surface area contributed by atoms with Gasteiger partial charge in [0.1, 0.15) is 0 Å². The second-order valence-corrected chi connectivity index (χ2v) is 4.26. The number of hydrogen-bond donors (Lipinski definition) is 1. The summed E-state index contributed by atoms with van der Waals surface area (Å²) in [4.78, 5) is 2.46. The molecule has 0 saturated carbocycles. The Balaban J connectivity index is 1.77. The number of nitrogens with one attached hydrogen (secondary N) is 1. The lowest BCUT2D eigenvalue weighted by molar-refractivity contribution is 0.0384. The summed E-state index contributed by atoms with van der Waals surface area (Å²) in [5.74, 6) is 0. The number of nitrogens with zero attached hydrogens (tertiary/aromatic N) is 1. The average Bonchev–Trinajstić information content (AvgIpc) is 2.34. The fourth-order valence-electron chi connectivity index (χ4n) is 1.86. The van der Waals surface area contributed by atoms with Crippen molar-refractivity contribution in [1.82, 2.24) is 10.2 Å². The Kier molecular flexibility index (Phi) is 8.71. The summed E-state index contributed by atoms with van der Waals surface area (Å²) in [5, 5.41) is 3.49. The topological polar surface area (TPSA) is 33.7 Å². The van der Waals surface area contributed by atoms with Gasteiger partial charge in [-0.2, -0.15) is 0 Å². The maximum atomic E-state index is 5.31. The van der Waals surface area contributed by atoms with Gasteiger partial charge in [-0.05, 0) is 25.8 Å². The zero-order valence-corrected chi connectivity index (χ0v) is 10.5. The molecule has 16 heavy (non-hydrogen) atoms. The molecule has 4 nitrogen and oxygen atoms in total. The van der Waals surface area contributed by atoms with E-state index in [1.165, 1.54) is 19.3 Å². The lowest BCUT2D eigenvalue weighted by atomic mass is 10.2. The molecule has 0 aliphatic carbocycles. The maximum absolute atomic E-state index is 5.31. The minimum atomic E-state index is 0.897. The molecule has 1 saturated heterocycles. The van der Waals surface area contributed by atoms with Gasteiger partial charge in [0, 0.05) is 39.9 Å². The molecule has 96 valence electrons. The van der Waals surface area contributed by atoms with Crippen LogP contribution in [0.2, 0.25) is 0 Å². The van der Waals surface area contributed by atoms with E-state index in [4.69, 9.17) is 9.47 Å². The molecule has 1 heterocycles. The predicted octanol–water partition coefficient (Wildman–Crippen LogP) is 0.725. The van der Waals surface area contributed by atoms with Crippen LogP contribution in [0.25, 0.3) is 0 Å². The number of unbranched alkanes of at least 4 members (excludes halogenated alkanes) is 2. The molecule has 0 aromatic carbocycles. The van der Waals surface area contributed by atoms with Crippen LogP contribution in [0.4, 0.5) is 0 Å². The first kappa shape index (κ1) is 13.9. The molecule has 1 rings (SSSR count). The van der Waals surface area contributed by atoms with Crippen LogP contribution in [0.3, 0.4) is 0 Å². The minimum absolute atomic E-state index is 0.897. The SMILES string of the molecule is COCCCCCNCCN1CCOCC1. The molecule has 0 aromatic rings. The molecule has 1 fully saturated rings. The third kappa shape index (κ3) is 7.17. The largest absolute Gasteiger partial charge is 0.385 e. The van der Waals surface area contributed by atoms with Gasteiger partial charge < -0.3 is 14.8 Å². The lowest BCUT2D eigenvalue weighted by Crippen LogP contribution is -2.40. The lowest BCUT2D eigenvalue weighted by Gasteiger charge is -2.26. The monoisotopic (exact) mass is 230 g/mol. The molecule has 0 amide bonds. The second-order valence-electron chi connectivity index (χ2n) is 4.26. The standard InChI is InChI=1S/C12H26N2O2/c1-15-10-4-2-3-5-13-6-7-14-8-11-16-12-9-14/h13H,2-12H2,1H3. The molecule has 1 aliphatic heterocycles. The van der Waals surface area contributed by atoms with E-state index in [-0.39, 0.29) is 0 Å². The summed E-state index contributed by atoms with van der Waals surface area (Å²) in [6, 6.07) is 0. The first-order chi connectivity index (χ1) is 7.93. The first-order valence-corrected chi connectivity index (χ1v) is 6.43. The molecular formula is C12H26N2O2. The van der Waals surface area contributed by atoms with Gasteiger partial charge in [-0.15, -0.1) is 0 Å². The van der Waals surface area contributed by atoms with Crippen molar-refractivity contribution in [1.29, 1.82) is 0 Å². The summed E-state index contributed by atoms with van der Waals surface area (Å²) in [5.41, 5.74) is 0. The highest BCUT2D eigenvalue weighted by atomic mass is 16.5. The van der Waals surface area contributed by atoms with Crippen molar-refractivity contribution in [2.75, 3.05) is 59.7 Å². The van der Waals surface area contributed by atoms with Gasteiger partial charge in [-0.3, -0.25) is 4.90 Å². The summed E-state index contributed by atoms with van der Waals surface area (Å²) in [6.45, 7) is 8.27. The van der Waals surface area contributed by atoms with Crippen LogP contribution >= 0.6 is 0 Å². The average molecular weight is 230 g/mol. The third-order valence-corrected chi connectivity index (χ3v) is 2.91. The summed E-state index contributed by atoms with van der Waals surface area (Å²) in [7, 11) is 1.76. The number of methoxy groups -OCH3 is 1. The number of rotatable bonds is 9. The fourth-order valence-corrected chi connectivity index (χ4v) is 1.86. The van der Waals surface area contributed by atoms with Gasteiger partial charge in [-0.25, -0.2) is 0 Å². The van der Waals surface area contributed by atoms with Gasteiger partial charge >= 0.3 is 0 Å². The summed E-state index contributed by atoms with van der Waals surface area (Å²) in [6.07, 6.45) is 3.70. The zero-order valence-electron chi connectivity index (χ0n) is 10.5. The Morgan fingerprint density at radius 3 is 2.69 bits per heavy atom. The molecule has 0 atom stereocenters. The van der Waals surface area contributed by atoms with Gasteiger partial charge in [0.25, 0.3) is 0 Å². The van der Waals surface area contributed by atoms with Crippen molar-refractivity contribution < 1.29 is 9.47 Å². The van der Waals surface area contributed by atoms with E-state index >= 15 is 0 Å². The van der Waals surface area contributed by atoms with Crippen molar-refractivity contribution in [3.8, 4) is 0 Å². The van der Waals surface area contributed by atoms with Crippen molar-refractivity contribution in [2.45, 2.75) is 19.3 Å². The van der Waals surface area contributed by atoms with E-state index in [9.17, 15) is 0 Å². The first-order valence-electron chi connectivity index (χ1n) is 6.43. The Labute approximate surface area is 99.3 Å². The van der Waals surface area contributed by atoms with E-state index in [2.05, 4.69) is 10.2 Å². The molecule has 0 radical (unpaired) electrons. The van der Waals surface area contributed by atoms with E-state index in [1.54, 1.807) is 7.11 Å². The third-order valence-electron chi connectivity index (χ3n) is 2.91. The zero-order chi connectivity index (χ0) is 11.5. The molecular weight excluding hydrogens is 204 g/mol. The van der Waals surface area contributed by atoms with Gasteiger partial charge in [0.15, 0.2) is 0 Å². The molecule has 0 unspecified atom stereocenters. The Bertz CT molecular complexity index is 150. The van der Waals surface area contributed by atoms with Gasteiger partial charge in [0.05, 0.1) is 13.2 Å². The maximum Gasteiger partial charge on any atom is 0.0594 e. The molecule has 1 N–H and O–H groups in total.